The predicted molar refractivity (Wildman–Crippen MR) is 106 cm³/mol. The summed E-state index contributed by atoms with van der Waals surface area (Å²) >= 11 is 0. The average Bonchev–Trinajstić information content (AvgIpc) is 3.31. The van der Waals surface area contributed by atoms with E-state index >= 15 is 0 Å². The van der Waals surface area contributed by atoms with E-state index in [9.17, 15) is 17.6 Å². The van der Waals surface area contributed by atoms with Crippen LogP contribution >= 0.6 is 0 Å². The largest absolute Gasteiger partial charge is 0.355 e. The van der Waals surface area contributed by atoms with E-state index in [1.807, 2.05) is 11.0 Å². The summed E-state index contributed by atoms with van der Waals surface area (Å²) in [6, 6.07) is 4.95. The van der Waals surface area contributed by atoms with E-state index in [4.69, 9.17) is 0 Å². The molecule has 0 spiro atoms. The number of aromatic nitrogens is 1. The molecule has 3 heterocycles. The number of sulfonamides is 1. The fourth-order valence-electron chi connectivity index (χ4n) is 4.12. The summed E-state index contributed by atoms with van der Waals surface area (Å²) in [6.45, 7) is 1.80. The zero-order valence-electron chi connectivity index (χ0n) is 15.9. The molecule has 2 fully saturated rings. The van der Waals surface area contributed by atoms with Gasteiger partial charge in [-0.05, 0) is 31.0 Å². The maximum atomic E-state index is 14.6. The number of nitrogens with one attached hydrogen (secondary N) is 1. The van der Waals surface area contributed by atoms with Gasteiger partial charge in [-0.1, -0.05) is 12.8 Å². The summed E-state index contributed by atoms with van der Waals surface area (Å²) in [5.41, 5.74) is 0.696. The first kappa shape index (κ1) is 19.2. The molecule has 4 rings (SSSR count). The fraction of sp³-hybridized carbons (Fsp3) is 0.526. The zero-order chi connectivity index (χ0) is 19.9. The Morgan fingerprint density at radius 3 is 2.46 bits per heavy atom. The van der Waals surface area contributed by atoms with Gasteiger partial charge in [0.15, 0.2) is 0 Å². The number of hydrogen-bond donors (Lipinski definition) is 1. The maximum Gasteiger partial charge on any atom is 0.253 e. The zero-order valence-corrected chi connectivity index (χ0v) is 16.7. The number of pyridine rings is 1. The molecule has 9 heteroatoms. The van der Waals surface area contributed by atoms with Crippen LogP contribution < -0.4 is 10.2 Å². The van der Waals surface area contributed by atoms with Gasteiger partial charge in [0.05, 0.1) is 17.3 Å². The molecule has 152 valence electrons. The third-order valence-electron chi connectivity index (χ3n) is 5.68. The molecule has 1 N–H and O–H groups in total. The van der Waals surface area contributed by atoms with Crippen LogP contribution in [0.1, 0.15) is 36.0 Å². The Kier molecular flexibility index (Phi) is 5.05. The van der Waals surface area contributed by atoms with Crippen molar-refractivity contribution in [1.82, 2.24) is 14.0 Å². The van der Waals surface area contributed by atoms with Gasteiger partial charge in [-0.25, -0.2) is 12.8 Å². The molecule has 1 aliphatic carbocycles. The standard InChI is InChI=1S/C19H25FN4O3S/c1-28(26,27)23-10-8-22(9-11-23)18-7-6-17-16(20)12-14(13-24(17)18)19(25)21-15-4-2-3-5-15/h6-7,12-13,15H,2-5,8-11H2,1H3,(H,21,25). The molecule has 0 atom stereocenters. The number of fused-ring (bicyclic) bond motifs is 1. The lowest BCUT2D eigenvalue weighted by atomic mass is 10.2. The summed E-state index contributed by atoms with van der Waals surface area (Å²) in [6.07, 6.45) is 7.03. The molecule has 0 radical (unpaired) electrons. The average molecular weight is 408 g/mol. The molecule has 0 unspecified atom stereocenters. The number of halogens is 1. The number of hydrogen-bond acceptors (Lipinski definition) is 4. The van der Waals surface area contributed by atoms with E-state index in [-0.39, 0.29) is 11.9 Å². The van der Waals surface area contributed by atoms with Gasteiger partial charge in [0, 0.05) is 38.4 Å². The van der Waals surface area contributed by atoms with Gasteiger partial charge in [-0.15, -0.1) is 0 Å². The number of rotatable bonds is 4. The van der Waals surface area contributed by atoms with Crippen molar-refractivity contribution in [2.75, 3.05) is 37.3 Å². The second kappa shape index (κ2) is 7.36. The van der Waals surface area contributed by atoms with Gasteiger partial charge in [0.25, 0.3) is 5.91 Å². The van der Waals surface area contributed by atoms with Crippen molar-refractivity contribution in [1.29, 1.82) is 0 Å². The van der Waals surface area contributed by atoms with Crippen LogP contribution in [-0.4, -0.2) is 61.5 Å². The van der Waals surface area contributed by atoms with E-state index in [2.05, 4.69) is 5.32 Å². The topological polar surface area (TPSA) is 74.1 Å². The van der Waals surface area contributed by atoms with Crippen molar-refractivity contribution in [2.24, 2.45) is 0 Å². The molecular formula is C19H25FN4O3S. The molecule has 2 aromatic heterocycles. The van der Waals surface area contributed by atoms with Gasteiger partial charge in [0.2, 0.25) is 10.0 Å². The Morgan fingerprint density at radius 2 is 1.82 bits per heavy atom. The van der Waals surface area contributed by atoms with E-state index < -0.39 is 15.8 Å². The second-order valence-electron chi connectivity index (χ2n) is 7.63. The Bertz CT molecular complexity index is 990. The number of amides is 1. The molecule has 0 aromatic carbocycles. The molecular weight excluding hydrogens is 383 g/mol. The summed E-state index contributed by atoms with van der Waals surface area (Å²) in [4.78, 5) is 14.6. The van der Waals surface area contributed by atoms with E-state index in [1.54, 1.807) is 16.7 Å². The lowest BCUT2D eigenvalue weighted by Crippen LogP contribution is -2.48. The fourth-order valence-corrected chi connectivity index (χ4v) is 4.95. The van der Waals surface area contributed by atoms with Crippen LogP contribution in [0.2, 0.25) is 0 Å². The summed E-state index contributed by atoms with van der Waals surface area (Å²) in [5, 5.41) is 2.99. The van der Waals surface area contributed by atoms with Crippen molar-refractivity contribution < 1.29 is 17.6 Å². The van der Waals surface area contributed by atoms with E-state index in [0.717, 1.165) is 31.5 Å². The number of piperazine rings is 1. The van der Waals surface area contributed by atoms with E-state index in [1.165, 1.54) is 16.6 Å². The third-order valence-corrected chi connectivity index (χ3v) is 6.98. The van der Waals surface area contributed by atoms with Gasteiger partial charge >= 0.3 is 0 Å². The molecule has 1 saturated carbocycles. The molecule has 1 saturated heterocycles. The molecule has 2 aliphatic rings. The van der Waals surface area contributed by atoms with Crippen molar-refractivity contribution in [3.8, 4) is 0 Å². The highest BCUT2D eigenvalue weighted by Gasteiger charge is 2.25. The lowest BCUT2D eigenvalue weighted by Gasteiger charge is -2.34. The summed E-state index contributed by atoms with van der Waals surface area (Å²) in [7, 11) is -3.21. The number of carbonyl (C=O) groups excluding carboxylic acids is 1. The molecule has 2 aromatic rings. The first-order valence-corrected chi connectivity index (χ1v) is 11.5. The monoisotopic (exact) mass is 408 g/mol. The Balaban J connectivity index is 1.58. The van der Waals surface area contributed by atoms with Crippen molar-refractivity contribution >= 4 is 27.3 Å². The Labute approximate surface area is 164 Å². The quantitative estimate of drug-likeness (QED) is 0.838. The van der Waals surface area contributed by atoms with Crippen LogP contribution in [0, 0.1) is 5.82 Å². The molecule has 1 amide bonds. The minimum atomic E-state index is -3.21. The van der Waals surface area contributed by atoms with Crippen molar-refractivity contribution in [3.63, 3.8) is 0 Å². The van der Waals surface area contributed by atoms with Crippen LogP contribution in [0.15, 0.2) is 24.4 Å². The van der Waals surface area contributed by atoms with Crippen molar-refractivity contribution in [2.45, 2.75) is 31.7 Å². The smallest absolute Gasteiger partial charge is 0.253 e. The SMILES string of the molecule is CS(=O)(=O)N1CCN(c2ccc3c(F)cc(C(=O)NC4CCCC4)cn23)CC1. The molecule has 28 heavy (non-hydrogen) atoms. The van der Waals surface area contributed by atoms with Crippen LogP contribution in [-0.2, 0) is 10.0 Å². The van der Waals surface area contributed by atoms with Gasteiger partial charge in [0.1, 0.15) is 11.6 Å². The number of carbonyl (C=O) groups is 1. The van der Waals surface area contributed by atoms with Gasteiger partial charge in [-0.2, -0.15) is 4.31 Å². The first-order chi connectivity index (χ1) is 13.3. The minimum Gasteiger partial charge on any atom is -0.355 e. The van der Waals surface area contributed by atoms with Crippen LogP contribution in [0.3, 0.4) is 0 Å². The highest BCUT2D eigenvalue weighted by atomic mass is 32.2. The first-order valence-electron chi connectivity index (χ1n) is 9.64. The van der Waals surface area contributed by atoms with Crippen LogP contribution in [0.4, 0.5) is 10.2 Å². The van der Waals surface area contributed by atoms with Crippen LogP contribution in [0.5, 0.6) is 0 Å². The van der Waals surface area contributed by atoms with Crippen LogP contribution in [0.25, 0.3) is 5.52 Å². The highest BCUT2D eigenvalue weighted by Crippen LogP contribution is 2.25. The normalized spacial score (nSPS) is 19.4. The lowest BCUT2D eigenvalue weighted by molar-refractivity contribution is 0.0937. The molecule has 7 nitrogen and oxygen atoms in total. The number of nitrogens with zero attached hydrogens (tertiary/aromatic N) is 3. The maximum absolute atomic E-state index is 14.6. The van der Waals surface area contributed by atoms with E-state index in [0.29, 0.717) is 37.3 Å². The highest BCUT2D eigenvalue weighted by molar-refractivity contribution is 7.88. The predicted octanol–water partition coefficient (Wildman–Crippen LogP) is 1.83. The van der Waals surface area contributed by atoms with Gasteiger partial charge in [-0.3, -0.25) is 9.20 Å². The second-order valence-corrected chi connectivity index (χ2v) is 9.61. The van der Waals surface area contributed by atoms with Crippen molar-refractivity contribution in [3.05, 3.63) is 35.8 Å². The minimum absolute atomic E-state index is 0.166. The van der Waals surface area contributed by atoms with Gasteiger partial charge < -0.3 is 10.2 Å². The molecule has 0 bridgehead atoms. The Morgan fingerprint density at radius 1 is 1.14 bits per heavy atom. The molecule has 1 aliphatic heterocycles. The summed E-state index contributed by atoms with van der Waals surface area (Å²) in [5.74, 6) is 0.0620. The number of anilines is 1. The third kappa shape index (κ3) is 3.73. The summed E-state index contributed by atoms with van der Waals surface area (Å²) < 4.78 is 41.2. The Hall–Kier alpha value is -2.13.